The van der Waals surface area contributed by atoms with Gasteiger partial charge in [0.25, 0.3) is 0 Å². The van der Waals surface area contributed by atoms with Crippen LogP contribution in [0.2, 0.25) is 0 Å². The third-order valence-corrected chi connectivity index (χ3v) is 9.85. The number of methoxy groups -OCH3 is 1. The van der Waals surface area contributed by atoms with Gasteiger partial charge in [-0.1, -0.05) is 64.2 Å². The van der Waals surface area contributed by atoms with Crippen LogP contribution in [0.5, 0.6) is 11.5 Å². The molecular weight excluding hydrogens is 520 g/mol. The maximum absolute atomic E-state index is 11.9. The number of carbonyl (C=O) groups is 1. The molecule has 4 aliphatic carbocycles. The van der Waals surface area contributed by atoms with Gasteiger partial charge in [-0.05, 0) is 105 Å². The molecule has 0 aliphatic heterocycles. The molecule has 4 heteroatoms. The van der Waals surface area contributed by atoms with Gasteiger partial charge in [0.15, 0.2) is 0 Å². The van der Waals surface area contributed by atoms with Crippen LogP contribution in [0.4, 0.5) is 0 Å². The summed E-state index contributed by atoms with van der Waals surface area (Å²) in [6, 6.07) is 11.8. The number of ether oxygens (including phenoxy) is 3. The van der Waals surface area contributed by atoms with E-state index in [1.807, 2.05) is 12.1 Å². The average molecular weight is 571 g/mol. The van der Waals surface area contributed by atoms with Gasteiger partial charge in [-0.25, -0.2) is 4.79 Å². The number of rotatable bonds is 14. The first-order valence-electron chi connectivity index (χ1n) is 16.7. The molecule has 42 heavy (non-hydrogen) atoms. The molecule has 0 unspecified atom stereocenters. The second-order valence-electron chi connectivity index (χ2n) is 13.2. The van der Waals surface area contributed by atoms with E-state index in [1.165, 1.54) is 89.7 Å². The van der Waals surface area contributed by atoms with Crippen molar-refractivity contribution in [1.82, 2.24) is 0 Å². The third kappa shape index (κ3) is 7.34. The lowest BCUT2D eigenvalue weighted by atomic mass is 9.48. The molecule has 0 amide bonds. The molecule has 2 aromatic carbocycles. The maximum Gasteiger partial charge on any atom is 0.337 e. The smallest absolute Gasteiger partial charge is 0.337 e. The topological polar surface area (TPSA) is 44.8 Å². The number of hydrogen-bond acceptors (Lipinski definition) is 4. The van der Waals surface area contributed by atoms with Crippen molar-refractivity contribution in [3.8, 4) is 23.3 Å². The van der Waals surface area contributed by atoms with Gasteiger partial charge in [-0.2, -0.15) is 0 Å². The van der Waals surface area contributed by atoms with Gasteiger partial charge in [0, 0.05) is 17.2 Å². The Morgan fingerprint density at radius 3 is 1.88 bits per heavy atom. The minimum Gasteiger partial charge on any atom is -0.493 e. The van der Waals surface area contributed by atoms with Gasteiger partial charge in [0.05, 0.1) is 31.5 Å². The van der Waals surface area contributed by atoms with Crippen LogP contribution in [0, 0.1) is 29.6 Å². The first-order chi connectivity index (χ1) is 20.5. The second-order valence-corrected chi connectivity index (χ2v) is 13.2. The Hall–Kier alpha value is -2.93. The van der Waals surface area contributed by atoms with Crippen LogP contribution < -0.4 is 9.47 Å². The molecule has 0 saturated heterocycles. The van der Waals surface area contributed by atoms with E-state index in [9.17, 15) is 4.79 Å². The Morgan fingerprint density at radius 2 is 1.33 bits per heavy atom. The fraction of sp³-hybridized carbons (Fsp3) is 0.605. The van der Waals surface area contributed by atoms with E-state index < -0.39 is 0 Å². The quantitative estimate of drug-likeness (QED) is 0.129. The molecule has 0 radical (unpaired) electrons. The second kappa shape index (κ2) is 14.5. The Kier molecular flexibility index (Phi) is 10.5. The average Bonchev–Trinajstić information content (AvgIpc) is 2.99. The van der Waals surface area contributed by atoms with Crippen molar-refractivity contribution in [3.63, 3.8) is 0 Å². The van der Waals surface area contributed by atoms with Crippen LogP contribution in [0.15, 0.2) is 36.4 Å². The van der Waals surface area contributed by atoms with Crippen molar-refractivity contribution in [2.75, 3.05) is 20.3 Å². The Bertz CT molecular complexity index is 1210. The summed E-state index contributed by atoms with van der Waals surface area (Å²) in [7, 11) is 1.40. The Balaban J connectivity index is 1.48. The van der Waals surface area contributed by atoms with E-state index in [1.54, 1.807) is 12.1 Å². The minimum atomic E-state index is -0.334. The molecule has 4 nitrogen and oxygen atoms in total. The van der Waals surface area contributed by atoms with Crippen LogP contribution in [0.1, 0.15) is 131 Å². The SMILES string of the molecule is CCCCCCOc1cc(OCCCCCC)c(C23CC4CC(CC(C4)C2)C3)cc1C#Cc1ccc(C(=O)OC)cc1. The van der Waals surface area contributed by atoms with Crippen molar-refractivity contribution in [2.24, 2.45) is 17.8 Å². The highest BCUT2D eigenvalue weighted by molar-refractivity contribution is 5.89. The monoisotopic (exact) mass is 570 g/mol. The zero-order valence-corrected chi connectivity index (χ0v) is 26.1. The fourth-order valence-electron chi connectivity index (χ4n) is 8.12. The molecule has 6 rings (SSSR count). The Morgan fingerprint density at radius 1 is 0.762 bits per heavy atom. The summed E-state index contributed by atoms with van der Waals surface area (Å²) in [4.78, 5) is 11.9. The molecular formula is C38H50O4. The predicted molar refractivity (Wildman–Crippen MR) is 169 cm³/mol. The van der Waals surface area contributed by atoms with Crippen LogP contribution in [0.25, 0.3) is 0 Å². The van der Waals surface area contributed by atoms with Crippen LogP contribution in [-0.2, 0) is 10.2 Å². The van der Waals surface area contributed by atoms with Gasteiger partial charge in [0.1, 0.15) is 11.5 Å². The van der Waals surface area contributed by atoms with Gasteiger partial charge in [-0.3, -0.25) is 0 Å². The zero-order valence-electron chi connectivity index (χ0n) is 26.1. The van der Waals surface area contributed by atoms with Crippen molar-refractivity contribution >= 4 is 5.97 Å². The van der Waals surface area contributed by atoms with Gasteiger partial charge in [-0.15, -0.1) is 0 Å². The summed E-state index contributed by atoms with van der Waals surface area (Å²) in [6.07, 6.45) is 17.5. The summed E-state index contributed by atoms with van der Waals surface area (Å²) in [5.41, 5.74) is 3.92. The van der Waals surface area contributed by atoms with Crippen molar-refractivity contribution in [1.29, 1.82) is 0 Å². The number of esters is 1. The number of carbonyl (C=O) groups excluding carboxylic acids is 1. The largest absolute Gasteiger partial charge is 0.493 e. The van der Waals surface area contributed by atoms with E-state index in [4.69, 9.17) is 14.2 Å². The van der Waals surface area contributed by atoms with Gasteiger partial charge >= 0.3 is 5.97 Å². The lowest BCUT2D eigenvalue weighted by Crippen LogP contribution is -2.48. The van der Waals surface area contributed by atoms with Crippen molar-refractivity contribution in [3.05, 3.63) is 58.7 Å². The van der Waals surface area contributed by atoms with E-state index in [-0.39, 0.29) is 11.4 Å². The van der Waals surface area contributed by atoms with Crippen molar-refractivity contribution < 1.29 is 19.0 Å². The molecule has 4 fully saturated rings. The highest BCUT2D eigenvalue weighted by atomic mass is 16.5. The molecule has 0 heterocycles. The summed E-state index contributed by atoms with van der Waals surface area (Å²) < 4.78 is 18.0. The molecule has 4 bridgehead atoms. The van der Waals surface area contributed by atoms with E-state index in [0.29, 0.717) is 12.2 Å². The summed E-state index contributed by atoms with van der Waals surface area (Å²) in [6.45, 7) is 5.94. The lowest BCUT2D eigenvalue weighted by molar-refractivity contribution is -0.00644. The Labute approximate surface area is 253 Å². The molecule has 0 aromatic heterocycles. The number of benzene rings is 2. The highest BCUT2D eigenvalue weighted by Crippen LogP contribution is 2.62. The molecule has 226 valence electrons. The van der Waals surface area contributed by atoms with Gasteiger partial charge < -0.3 is 14.2 Å². The molecule has 4 aliphatic rings. The van der Waals surface area contributed by atoms with Crippen LogP contribution in [-0.4, -0.2) is 26.3 Å². The number of hydrogen-bond donors (Lipinski definition) is 0. The zero-order chi connectivity index (χ0) is 29.4. The van der Waals surface area contributed by atoms with Gasteiger partial charge in [0.2, 0.25) is 0 Å². The van der Waals surface area contributed by atoms with Crippen LogP contribution >= 0.6 is 0 Å². The first kappa shape index (κ1) is 30.5. The predicted octanol–water partition coefficient (Wildman–Crippen LogP) is 9.26. The normalized spacial score (nSPS) is 23.7. The highest BCUT2D eigenvalue weighted by Gasteiger charge is 2.52. The fourth-order valence-corrected chi connectivity index (χ4v) is 8.12. The minimum absolute atomic E-state index is 0.200. The molecule has 0 atom stereocenters. The van der Waals surface area contributed by atoms with E-state index >= 15 is 0 Å². The number of unbranched alkanes of at least 4 members (excludes halogenated alkanes) is 6. The summed E-state index contributed by atoms with van der Waals surface area (Å²) >= 11 is 0. The maximum atomic E-state index is 11.9. The van der Waals surface area contributed by atoms with E-state index in [2.05, 4.69) is 37.8 Å². The standard InChI is InChI=1S/C38H50O4/c1-4-6-8-10-18-41-35-24-36(42-19-11-9-7-5-2)34(38-25-29-20-30(26-38)22-31(21-29)27-38)23-33(35)17-14-28-12-15-32(16-13-28)37(39)40-3/h12-13,15-16,23-24,29-31H,4-11,18-22,25-27H2,1-3H3. The lowest BCUT2D eigenvalue weighted by Gasteiger charge is -2.57. The molecule has 2 aromatic rings. The summed E-state index contributed by atoms with van der Waals surface area (Å²) in [5, 5.41) is 0. The van der Waals surface area contributed by atoms with Crippen LogP contribution in [0.3, 0.4) is 0 Å². The van der Waals surface area contributed by atoms with Crippen molar-refractivity contribution in [2.45, 2.75) is 109 Å². The molecule has 0 spiro atoms. The molecule has 4 saturated carbocycles. The molecule has 0 N–H and O–H groups in total. The summed E-state index contributed by atoms with van der Waals surface area (Å²) in [5.74, 6) is 10.9. The first-order valence-corrected chi connectivity index (χ1v) is 16.7. The van der Waals surface area contributed by atoms with E-state index in [0.717, 1.165) is 59.8 Å². The third-order valence-electron chi connectivity index (χ3n) is 9.85.